The molecule has 4 saturated heterocycles. The van der Waals surface area contributed by atoms with Crippen molar-refractivity contribution in [3.05, 3.63) is 0 Å². The molecule has 14 atom stereocenters. The van der Waals surface area contributed by atoms with Crippen molar-refractivity contribution in [3.63, 3.8) is 0 Å². The van der Waals surface area contributed by atoms with Gasteiger partial charge in [-0.25, -0.2) is 0 Å². The molecular weight excluding hydrogens is 570 g/mol. The van der Waals surface area contributed by atoms with Crippen molar-refractivity contribution in [3.8, 4) is 0 Å². The van der Waals surface area contributed by atoms with Crippen molar-refractivity contribution in [2.45, 2.75) is 180 Å². The standard InChI is InChI=1S/C37H65NO7/c1-10-13-26(38(8)9)21-27-15-16-34(41-27)28(12-3)35-23(5)31-18-20-32(43-31)24(6)36(39)44-29(14-11-2)22(4)30-17-19-33(42-30)25(7)37(40)45-35/h22-35H,10-21H2,1-9H3. The van der Waals surface area contributed by atoms with Crippen LogP contribution in [-0.4, -0.2) is 85.8 Å². The molecule has 4 heterocycles. The topological polar surface area (TPSA) is 83.5 Å². The van der Waals surface area contributed by atoms with Crippen molar-refractivity contribution < 1.29 is 33.3 Å². The van der Waals surface area contributed by atoms with Gasteiger partial charge >= 0.3 is 11.9 Å². The summed E-state index contributed by atoms with van der Waals surface area (Å²) in [7, 11) is 4.33. The number of nitrogens with zero attached hydrogens (tertiary/aromatic N) is 1. The van der Waals surface area contributed by atoms with Gasteiger partial charge in [0, 0.05) is 23.8 Å². The molecule has 0 amide bonds. The number of rotatable bonds is 10. The van der Waals surface area contributed by atoms with Gasteiger partial charge in [0.15, 0.2) is 0 Å². The highest BCUT2D eigenvalue weighted by Crippen LogP contribution is 2.41. The molecular formula is C37H65NO7. The van der Waals surface area contributed by atoms with E-state index in [0.29, 0.717) is 6.04 Å². The lowest BCUT2D eigenvalue weighted by Crippen LogP contribution is -2.45. The van der Waals surface area contributed by atoms with Crippen LogP contribution < -0.4 is 0 Å². The van der Waals surface area contributed by atoms with E-state index in [1.54, 1.807) is 0 Å². The Bertz CT molecular complexity index is 944. The summed E-state index contributed by atoms with van der Waals surface area (Å²) in [5, 5.41) is 0. The summed E-state index contributed by atoms with van der Waals surface area (Å²) in [4.78, 5) is 29.7. The summed E-state index contributed by atoms with van der Waals surface area (Å²) in [5.41, 5.74) is 0. The molecule has 45 heavy (non-hydrogen) atoms. The second kappa shape index (κ2) is 16.7. The van der Waals surface area contributed by atoms with Gasteiger partial charge in [0.2, 0.25) is 0 Å². The Kier molecular flexibility index (Phi) is 13.6. The highest BCUT2D eigenvalue weighted by Gasteiger charge is 2.47. The maximum atomic E-state index is 13.9. The molecule has 4 fully saturated rings. The summed E-state index contributed by atoms with van der Waals surface area (Å²) in [6, 6.07) is 0.506. The van der Waals surface area contributed by atoms with Gasteiger partial charge in [-0.3, -0.25) is 9.59 Å². The highest BCUT2D eigenvalue weighted by atomic mass is 16.6. The molecule has 8 nitrogen and oxygen atoms in total. The summed E-state index contributed by atoms with van der Waals surface area (Å²) >= 11 is 0. The smallest absolute Gasteiger partial charge is 0.311 e. The number of hydrogen-bond donors (Lipinski definition) is 0. The number of carbonyl (C=O) groups is 2. The van der Waals surface area contributed by atoms with E-state index in [0.717, 1.165) is 77.0 Å². The maximum Gasteiger partial charge on any atom is 0.311 e. The van der Waals surface area contributed by atoms with Gasteiger partial charge in [-0.15, -0.1) is 0 Å². The Labute approximate surface area is 274 Å². The van der Waals surface area contributed by atoms with Crippen LogP contribution in [0.1, 0.15) is 126 Å². The molecule has 14 unspecified atom stereocenters. The second-order valence-corrected chi connectivity index (χ2v) is 15.1. The largest absolute Gasteiger partial charge is 0.462 e. The third kappa shape index (κ3) is 8.83. The molecule has 0 aromatic rings. The fraction of sp³-hybridized carbons (Fsp3) is 0.946. The van der Waals surface area contributed by atoms with Gasteiger partial charge in [0.1, 0.15) is 12.2 Å². The van der Waals surface area contributed by atoms with Crippen molar-refractivity contribution >= 4 is 11.9 Å². The molecule has 0 aromatic heterocycles. The molecule has 0 aliphatic carbocycles. The first-order valence-electron chi connectivity index (χ1n) is 18.5. The minimum absolute atomic E-state index is 0.0328. The maximum absolute atomic E-state index is 13.9. The molecule has 4 rings (SSSR count). The highest BCUT2D eigenvalue weighted by molar-refractivity contribution is 5.73. The van der Waals surface area contributed by atoms with Crippen LogP contribution in [0.25, 0.3) is 0 Å². The average Bonchev–Trinajstić information content (AvgIpc) is 3.80. The van der Waals surface area contributed by atoms with Crippen molar-refractivity contribution in [2.75, 3.05) is 14.1 Å². The average molecular weight is 636 g/mol. The summed E-state index contributed by atoms with van der Waals surface area (Å²) in [6.07, 6.45) is 10.4. The summed E-state index contributed by atoms with van der Waals surface area (Å²) in [5.74, 6) is -0.996. The minimum Gasteiger partial charge on any atom is -0.462 e. The van der Waals surface area contributed by atoms with E-state index in [1.165, 1.54) is 0 Å². The normalized spacial score (nSPS) is 41.2. The van der Waals surface area contributed by atoms with Crippen LogP contribution in [0.4, 0.5) is 0 Å². The van der Waals surface area contributed by atoms with Crippen LogP contribution in [0.3, 0.4) is 0 Å². The van der Waals surface area contributed by atoms with Crippen LogP contribution in [-0.2, 0) is 33.3 Å². The lowest BCUT2D eigenvalue weighted by molar-refractivity contribution is -0.178. The third-order valence-electron chi connectivity index (χ3n) is 11.8. The molecule has 0 aromatic carbocycles. The minimum atomic E-state index is -0.376. The van der Waals surface area contributed by atoms with Crippen LogP contribution in [0.2, 0.25) is 0 Å². The summed E-state index contributed by atoms with van der Waals surface area (Å²) < 4.78 is 32.8. The number of carbonyl (C=O) groups excluding carboxylic acids is 2. The lowest BCUT2D eigenvalue weighted by Gasteiger charge is -2.38. The zero-order valence-electron chi connectivity index (χ0n) is 29.9. The Morgan fingerprint density at radius 1 is 0.711 bits per heavy atom. The molecule has 8 heteroatoms. The lowest BCUT2D eigenvalue weighted by atomic mass is 9.81. The molecule has 4 aliphatic rings. The van der Waals surface area contributed by atoms with Gasteiger partial charge < -0.3 is 28.6 Å². The van der Waals surface area contributed by atoms with Gasteiger partial charge in [0.05, 0.1) is 48.5 Å². The zero-order chi connectivity index (χ0) is 32.8. The number of cyclic esters (lactones) is 2. The van der Waals surface area contributed by atoms with Crippen LogP contribution >= 0.6 is 0 Å². The van der Waals surface area contributed by atoms with Gasteiger partial charge in [-0.05, 0) is 92.2 Å². The molecule has 0 saturated carbocycles. The number of fused-ring (bicyclic) bond motifs is 4. The van der Waals surface area contributed by atoms with E-state index >= 15 is 0 Å². The molecule has 0 N–H and O–H groups in total. The monoisotopic (exact) mass is 635 g/mol. The first-order valence-corrected chi connectivity index (χ1v) is 18.5. The second-order valence-electron chi connectivity index (χ2n) is 15.1. The zero-order valence-corrected chi connectivity index (χ0v) is 29.9. The third-order valence-corrected chi connectivity index (χ3v) is 11.8. The first-order chi connectivity index (χ1) is 21.5. The Hall–Kier alpha value is -1.22. The quantitative estimate of drug-likeness (QED) is 0.238. The number of esters is 2. The molecule has 260 valence electrons. The predicted octanol–water partition coefficient (Wildman–Crippen LogP) is 6.96. The van der Waals surface area contributed by atoms with Gasteiger partial charge in [0.25, 0.3) is 0 Å². The SMILES string of the molecule is CCCC1OC(=O)C(C)C2CCC(O2)C(C)C(C(CC)C2CCC(CC(CCC)N(C)C)O2)OC(=O)C(C)C2CCC(O2)C1C. The van der Waals surface area contributed by atoms with Crippen molar-refractivity contribution in [1.29, 1.82) is 0 Å². The molecule has 0 radical (unpaired) electrons. The van der Waals surface area contributed by atoms with E-state index in [2.05, 4.69) is 53.6 Å². The number of hydrogen-bond acceptors (Lipinski definition) is 8. The Morgan fingerprint density at radius 2 is 1.29 bits per heavy atom. The fourth-order valence-electron chi connectivity index (χ4n) is 8.59. The molecule has 0 spiro atoms. The van der Waals surface area contributed by atoms with Gasteiger partial charge in [-0.1, -0.05) is 47.5 Å². The van der Waals surface area contributed by atoms with E-state index in [1.807, 2.05) is 13.8 Å². The number of ether oxygens (including phenoxy) is 5. The van der Waals surface area contributed by atoms with Crippen LogP contribution in [0, 0.1) is 29.6 Å². The molecule has 4 bridgehead atoms. The van der Waals surface area contributed by atoms with E-state index in [-0.39, 0.29) is 90.4 Å². The predicted molar refractivity (Wildman–Crippen MR) is 176 cm³/mol. The van der Waals surface area contributed by atoms with Crippen LogP contribution in [0.15, 0.2) is 0 Å². The van der Waals surface area contributed by atoms with Crippen molar-refractivity contribution in [2.24, 2.45) is 29.6 Å². The fourth-order valence-corrected chi connectivity index (χ4v) is 8.59. The Morgan fingerprint density at radius 3 is 1.84 bits per heavy atom. The molecule has 4 aliphatic heterocycles. The van der Waals surface area contributed by atoms with Gasteiger partial charge in [-0.2, -0.15) is 0 Å². The first kappa shape index (κ1) is 36.6. The van der Waals surface area contributed by atoms with Crippen LogP contribution in [0.5, 0.6) is 0 Å². The van der Waals surface area contributed by atoms with E-state index in [4.69, 9.17) is 23.7 Å². The Balaban J connectivity index is 1.57. The summed E-state index contributed by atoms with van der Waals surface area (Å²) in [6.45, 7) is 14.8. The van der Waals surface area contributed by atoms with E-state index in [9.17, 15) is 9.59 Å². The van der Waals surface area contributed by atoms with E-state index < -0.39 is 0 Å². The van der Waals surface area contributed by atoms with Crippen molar-refractivity contribution in [1.82, 2.24) is 4.90 Å².